The Kier molecular flexibility index (Phi) is 5.91. The number of benzene rings is 1. The minimum Gasteiger partial charge on any atom is -0.471 e. The first kappa shape index (κ1) is 16.7. The molecule has 0 bridgehead atoms. The molecule has 0 atom stereocenters. The van der Waals surface area contributed by atoms with Crippen LogP contribution in [0.15, 0.2) is 41.5 Å². The molecular formula is C17H22N4O2. The number of aromatic nitrogens is 2. The van der Waals surface area contributed by atoms with Crippen LogP contribution in [0.25, 0.3) is 0 Å². The first-order valence-electron chi connectivity index (χ1n) is 7.59. The molecule has 1 aromatic carbocycles. The molecule has 0 radical (unpaired) electrons. The highest BCUT2D eigenvalue weighted by atomic mass is 16.5. The molecular weight excluding hydrogens is 292 g/mol. The summed E-state index contributed by atoms with van der Waals surface area (Å²) < 4.78 is 7.46. The Labute approximate surface area is 136 Å². The predicted octanol–water partition coefficient (Wildman–Crippen LogP) is 2.60. The lowest BCUT2D eigenvalue weighted by molar-refractivity contribution is 0.0998. The van der Waals surface area contributed by atoms with Gasteiger partial charge >= 0.3 is 0 Å². The highest BCUT2D eigenvalue weighted by Crippen LogP contribution is 2.19. The minimum absolute atomic E-state index is 0.322. The second kappa shape index (κ2) is 8.12. The van der Waals surface area contributed by atoms with Gasteiger partial charge in [0.05, 0.1) is 6.34 Å². The summed E-state index contributed by atoms with van der Waals surface area (Å²) >= 11 is 0. The van der Waals surface area contributed by atoms with E-state index >= 15 is 0 Å². The van der Waals surface area contributed by atoms with Gasteiger partial charge in [-0.3, -0.25) is 9.48 Å². The zero-order valence-corrected chi connectivity index (χ0v) is 13.8. The van der Waals surface area contributed by atoms with Gasteiger partial charge in [0.25, 0.3) is 5.91 Å². The number of rotatable bonds is 7. The van der Waals surface area contributed by atoms with Crippen molar-refractivity contribution in [2.24, 2.45) is 4.99 Å². The smallest absolute Gasteiger partial charge is 0.285 e. The maximum absolute atomic E-state index is 12.2. The lowest BCUT2D eigenvalue weighted by Gasteiger charge is -2.05. The van der Waals surface area contributed by atoms with Crippen molar-refractivity contribution >= 4 is 12.2 Å². The Morgan fingerprint density at radius 3 is 2.74 bits per heavy atom. The van der Waals surface area contributed by atoms with Gasteiger partial charge in [-0.15, -0.1) is 5.10 Å². The van der Waals surface area contributed by atoms with Crippen molar-refractivity contribution in [1.29, 1.82) is 0 Å². The Morgan fingerprint density at radius 2 is 2.09 bits per heavy atom. The zero-order chi connectivity index (χ0) is 16.7. The van der Waals surface area contributed by atoms with Gasteiger partial charge in [-0.05, 0) is 12.0 Å². The molecule has 6 nitrogen and oxygen atoms in total. The Morgan fingerprint density at radius 1 is 1.35 bits per heavy atom. The third-order valence-electron chi connectivity index (χ3n) is 3.04. The van der Waals surface area contributed by atoms with Gasteiger partial charge < -0.3 is 9.64 Å². The van der Waals surface area contributed by atoms with Crippen LogP contribution in [-0.2, 0) is 13.2 Å². The standard InChI is InChI=1S/C17H22N4O2/c1-4-10-21-11-15(16(22)18-13-20(2)3)17(19-21)23-12-14-8-6-5-7-9-14/h5-9,11,13H,4,10,12H2,1-3H3. The number of carbonyl (C=O) groups excluding carboxylic acids is 1. The van der Waals surface area contributed by atoms with Crippen LogP contribution in [0.3, 0.4) is 0 Å². The highest BCUT2D eigenvalue weighted by molar-refractivity contribution is 6.00. The van der Waals surface area contributed by atoms with Crippen LogP contribution in [0.2, 0.25) is 0 Å². The molecule has 0 aliphatic carbocycles. The Balaban J connectivity index is 2.17. The van der Waals surface area contributed by atoms with Crippen LogP contribution in [0.5, 0.6) is 5.88 Å². The van der Waals surface area contributed by atoms with Crippen molar-refractivity contribution in [2.45, 2.75) is 26.5 Å². The molecule has 0 saturated heterocycles. The molecule has 2 aromatic rings. The van der Waals surface area contributed by atoms with E-state index in [0.29, 0.717) is 18.1 Å². The highest BCUT2D eigenvalue weighted by Gasteiger charge is 2.17. The molecule has 0 saturated carbocycles. The fraction of sp³-hybridized carbons (Fsp3) is 0.353. The largest absolute Gasteiger partial charge is 0.471 e. The third-order valence-corrected chi connectivity index (χ3v) is 3.04. The predicted molar refractivity (Wildman–Crippen MR) is 89.8 cm³/mol. The molecule has 0 aliphatic heterocycles. The topological polar surface area (TPSA) is 59.7 Å². The van der Waals surface area contributed by atoms with Gasteiger partial charge in [0.2, 0.25) is 5.88 Å². The van der Waals surface area contributed by atoms with Gasteiger partial charge in [-0.2, -0.15) is 4.99 Å². The number of carbonyl (C=O) groups is 1. The van der Waals surface area contributed by atoms with Crippen LogP contribution in [-0.4, -0.2) is 41.0 Å². The van der Waals surface area contributed by atoms with Gasteiger partial charge in [-0.1, -0.05) is 37.3 Å². The van der Waals surface area contributed by atoms with Crippen LogP contribution in [0, 0.1) is 0 Å². The molecule has 1 heterocycles. The van der Waals surface area contributed by atoms with E-state index in [-0.39, 0.29) is 5.91 Å². The lowest BCUT2D eigenvalue weighted by Crippen LogP contribution is -2.10. The van der Waals surface area contributed by atoms with Gasteiger partial charge in [0, 0.05) is 26.8 Å². The molecule has 122 valence electrons. The Bertz CT molecular complexity index is 662. The van der Waals surface area contributed by atoms with Gasteiger partial charge in [0.15, 0.2) is 0 Å². The van der Waals surface area contributed by atoms with E-state index < -0.39 is 0 Å². The fourth-order valence-corrected chi connectivity index (χ4v) is 1.96. The van der Waals surface area contributed by atoms with Crippen LogP contribution in [0.4, 0.5) is 0 Å². The van der Waals surface area contributed by atoms with E-state index in [0.717, 1.165) is 18.5 Å². The quantitative estimate of drug-likeness (QED) is 0.582. The number of amides is 1. The zero-order valence-electron chi connectivity index (χ0n) is 13.8. The lowest BCUT2D eigenvalue weighted by atomic mass is 10.2. The van der Waals surface area contributed by atoms with Crippen molar-refractivity contribution in [1.82, 2.24) is 14.7 Å². The number of ether oxygens (including phenoxy) is 1. The van der Waals surface area contributed by atoms with Crippen molar-refractivity contribution in [2.75, 3.05) is 14.1 Å². The normalized spacial score (nSPS) is 10.9. The number of nitrogens with zero attached hydrogens (tertiary/aromatic N) is 4. The molecule has 0 aliphatic rings. The van der Waals surface area contributed by atoms with E-state index in [1.165, 1.54) is 6.34 Å². The average Bonchev–Trinajstić information content (AvgIpc) is 2.95. The minimum atomic E-state index is -0.357. The fourth-order valence-electron chi connectivity index (χ4n) is 1.96. The molecule has 23 heavy (non-hydrogen) atoms. The summed E-state index contributed by atoms with van der Waals surface area (Å²) in [6.45, 7) is 3.14. The van der Waals surface area contributed by atoms with Gasteiger partial charge in [-0.25, -0.2) is 0 Å². The van der Waals surface area contributed by atoms with Crippen molar-refractivity contribution in [3.05, 3.63) is 47.7 Å². The molecule has 1 amide bonds. The summed E-state index contributed by atoms with van der Waals surface area (Å²) in [5.41, 5.74) is 1.40. The number of hydrogen-bond acceptors (Lipinski definition) is 3. The molecule has 0 N–H and O–H groups in total. The van der Waals surface area contributed by atoms with Gasteiger partial charge in [0.1, 0.15) is 12.2 Å². The van der Waals surface area contributed by atoms with Crippen LogP contribution < -0.4 is 4.74 Å². The summed E-state index contributed by atoms with van der Waals surface area (Å²) in [5, 5.41) is 4.35. The van der Waals surface area contributed by atoms with E-state index in [1.807, 2.05) is 44.4 Å². The summed E-state index contributed by atoms with van der Waals surface area (Å²) in [6.07, 6.45) is 4.09. The molecule has 6 heteroatoms. The SMILES string of the molecule is CCCn1cc(C(=O)N=CN(C)C)c(OCc2ccccc2)n1. The van der Waals surface area contributed by atoms with E-state index in [1.54, 1.807) is 15.8 Å². The summed E-state index contributed by atoms with van der Waals surface area (Å²) in [5.74, 6) is -0.0349. The molecule has 0 unspecified atom stereocenters. The molecule has 1 aromatic heterocycles. The maximum atomic E-state index is 12.2. The first-order valence-corrected chi connectivity index (χ1v) is 7.59. The molecule has 0 spiro atoms. The number of hydrogen-bond donors (Lipinski definition) is 0. The van der Waals surface area contributed by atoms with Crippen molar-refractivity contribution in [3.63, 3.8) is 0 Å². The second-order valence-corrected chi connectivity index (χ2v) is 5.40. The van der Waals surface area contributed by atoms with Crippen molar-refractivity contribution < 1.29 is 9.53 Å². The maximum Gasteiger partial charge on any atom is 0.285 e. The Hall–Kier alpha value is -2.63. The average molecular weight is 314 g/mol. The number of aryl methyl sites for hydroxylation is 1. The summed E-state index contributed by atoms with van der Waals surface area (Å²) in [6, 6.07) is 9.78. The van der Waals surface area contributed by atoms with Crippen LogP contribution >= 0.6 is 0 Å². The summed E-state index contributed by atoms with van der Waals surface area (Å²) in [4.78, 5) is 17.9. The van der Waals surface area contributed by atoms with E-state index in [4.69, 9.17) is 4.74 Å². The second-order valence-electron chi connectivity index (χ2n) is 5.40. The van der Waals surface area contributed by atoms with Crippen LogP contribution in [0.1, 0.15) is 29.3 Å². The number of aliphatic imine (C=N–C) groups is 1. The van der Waals surface area contributed by atoms with E-state index in [2.05, 4.69) is 17.0 Å². The van der Waals surface area contributed by atoms with E-state index in [9.17, 15) is 4.79 Å². The first-order chi connectivity index (χ1) is 11.1. The third kappa shape index (κ3) is 4.95. The molecule has 2 rings (SSSR count). The molecule has 0 fully saturated rings. The van der Waals surface area contributed by atoms with Crippen molar-refractivity contribution in [3.8, 4) is 5.88 Å². The monoisotopic (exact) mass is 314 g/mol. The summed E-state index contributed by atoms with van der Waals surface area (Å²) in [7, 11) is 3.62.